The van der Waals surface area contributed by atoms with E-state index in [-0.39, 0.29) is 17.5 Å². The van der Waals surface area contributed by atoms with Crippen LogP contribution >= 0.6 is 0 Å². The van der Waals surface area contributed by atoms with Crippen molar-refractivity contribution in [2.24, 2.45) is 0 Å². The van der Waals surface area contributed by atoms with Gasteiger partial charge in [-0.25, -0.2) is 8.42 Å². The molecule has 0 amide bonds. The Bertz CT molecular complexity index is 560. The van der Waals surface area contributed by atoms with Crippen LogP contribution in [0.5, 0.6) is 0 Å². The number of pyridine rings is 1. The lowest BCUT2D eigenvalue weighted by Gasteiger charge is -2.32. The molecule has 1 N–H and O–H groups in total. The van der Waals surface area contributed by atoms with Gasteiger partial charge in [0.1, 0.15) is 0 Å². The van der Waals surface area contributed by atoms with Gasteiger partial charge in [-0.05, 0) is 32.0 Å². The van der Waals surface area contributed by atoms with E-state index in [1.165, 1.54) is 0 Å². The molecule has 0 aliphatic carbocycles. The summed E-state index contributed by atoms with van der Waals surface area (Å²) in [5.74, 6) is 0.514. The fraction of sp³-hybridized carbons (Fsp3) is 0.667. The quantitative estimate of drug-likeness (QED) is 0.800. The molecule has 0 saturated carbocycles. The largest absolute Gasteiger partial charge is 0.311 e. The molecule has 1 saturated heterocycles. The molecule has 1 aromatic heterocycles. The van der Waals surface area contributed by atoms with E-state index in [1.54, 1.807) is 0 Å². The van der Waals surface area contributed by atoms with Crippen molar-refractivity contribution in [3.8, 4) is 0 Å². The minimum atomic E-state index is -2.85. The normalized spacial score (nSPS) is 22.3. The lowest BCUT2D eigenvalue weighted by atomic mass is 10.2. The first-order valence-corrected chi connectivity index (χ1v) is 9.42. The average Bonchev–Trinajstić information content (AvgIpc) is 2.42. The average molecular weight is 311 g/mol. The minimum Gasteiger partial charge on any atom is -0.311 e. The summed E-state index contributed by atoms with van der Waals surface area (Å²) in [7, 11) is -2.85. The maximum atomic E-state index is 11.6. The van der Waals surface area contributed by atoms with E-state index in [9.17, 15) is 8.42 Å². The molecule has 0 aromatic carbocycles. The third-order valence-electron chi connectivity index (χ3n) is 3.77. The lowest BCUT2D eigenvalue weighted by molar-refractivity contribution is 0.215. The summed E-state index contributed by atoms with van der Waals surface area (Å²) in [5, 5.41) is 3.35. The van der Waals surface area contributed by atoms with Crippen LogP contribution in [-0.2, 0) is 22.9 Å². The fourth-order valence-electron chi connectivity index (χ4n) is 2.58. The van der Waals surface area contributed by atoms with Crippen LogP contribution in [0.4, 0.5) is 0 Å². The van der Waals surface area contributed by atoms with Gasteiger partial charge in [0.2, 0.25) is 0 Å². The van der Waals surface area contributed by atoms with Gasteiger partial charge in [0.05, 0.1) is 22.9 Å². The van der Waals surface area contributed by atoms with Gasteiger partial charge in [-0.1, -0.05) is 13.0 Å². The number of sulfone groups is 1. The Balaban J connectivity index is 1.95. The Morgan fingerprint density at radius 2 is 2.14 bits per heavy atom. The van der Waals surface area contributed by atoms with Crippen LogP contribution < -0.4 is 5.32 Å². The summed E-state index contributed by atoms with van der Waals surface area (Å²) >= 11 is 0. The third kappa shape index (κ3) is 5.05. The predicted octanol–water partition coefficient (Wildman–Crippen LogP) is 1.20. The van der Waals surface area contributed by atoms with Crippen LogP contribution in [-0.4, -0.2) is 48.9 Å². The first kappa shape index (κ1) is 16.4. The number of nitrogens with zero attached hydrogens (tertiary/aromatic N) is 2. The Morgan fingerprint density at radius 1 is 1.38 bits per heavy atom. The molecule has 5 nitrogen and oxygen atoms in total. The molecule has 1 aliphatic rings. The topological polar surface area (TPSA) is 62.3 Å². The molecule has 6 heteroatoms. The van der Waals surface area contributed by atoms with Gasteiger partial charge in [0.25, 0.3) is 0 Å². The van der Waals surface area contributed by atoms with E-state index in [1.807, 2.05) is 25.1 Å². The highest BCUT2D eigenvalue weighted by atomic mass is 32.2. The number of hydrogen-bond donors (Lipinski definition) is 1. The van der Waals surface area contributed by atoms with Crippen LogP contribution in [0, 0.1) is 0 Å². The standard InChI is InChI=1S/C15H25N3O2S/c1-3-7-16-10-14-5-4-6-15(17-14)11-18-8-9-21(19,20)12-13(18)2/h4-6,13,16H,3,7-12H2,1-2H3. The second kappa shape index (κ2) is 7.33. The molecule has 1 aliphatic heterocycles. The van der Waals surface area contributed by atoms with E-state index in [0.717, 1.165) is 37.4 Å². The molecule has 2 heterocycles. The molecule has 1 fully saturated rings. The number of aromatic nitrogens is 1. The summed E-state index contributed by atoms with van der Waals surface area (Å²) in [6.07, 6.45) is 1.11. The maximum absolute atomic E-state index is 11.6. The van der Waals surface area contributed by atoms with Crippen LogP contribution in [0.3, 0.4) is 0 Å². The molecular weight excluding hydrogens is 286 g/mol. The molecule has 1 unspecified atom stereocenters. The van der Waals surface area contributed by atoms with Gasteiger partial charge < -0.3 is 5.32 Å². The highest BCUT2D eigenvalue weighted by Crippen LogP contribution is 2.14. The van der Waals surface area contributed by atoms with Crippen molar-refractivity contribution < 1.29 is 8.42 Å². The highest BCUT2D eigenvalue weighted by Gasteiger charge is 2.28. The zero-order chi connectivity index (χ0) is 15.3. The SMILES string of the molecule is CCCNCc1cccc(CN2CCS(=O)(=O)CC2C)n1. The summed E-state index contributed by atoms with van der Waals surface area (Å²) in [6.45, 7) is 7.21. The van der Waals surface area contributed by atoms with Crippen molar-refractivity contribution in [2.75, 3.05) is 24.6 Å². The van der Waals surface area contributed by atoms with Gasteiger partial charge in [-0.15, -0.1) is 0 Å². The van der Waals surface area contributed by atoms with Crippen molar-refractivity contribution in [3.63, 3.8) is 0 Å². The molecule has 21 heavy (non-hydrogen) atoms. The van der Waals surface area contributed by atoms with Crippen molar-refractivity contribution in [1.82, 2.24) is 15.2 Å². The first-order chi connectivity index (χ1) is 10.00. The molecular formula is C15H25N3O2S. The van der Waals surface area contributed by atoms with Gasteiger partial charge >= 0.3 is 0 Å². The van der Waals surface area contributed by atoms with Crippen LogP contribution in [0.15, 0.2) is 18.2 Å². The predicted molar refractivity (Wildman–Crippen MR) is 84.8 cm³/mol. The van der Waals surface area contributed by atoms with Gasteiger partial charge in [0.15, 0.2) is 9.84 Å². The Labute approximate surface area is 127 Å². The Kier molecular flexibility index (Phi) is 5.72. The second-order valence-electron chi connectivity index (χ2n) is 5.73. The van der Waals surface area contributed by atoms with Crippen molar-refractivity contribution in [2.45, 2.75) is 39.4 Å². The highest BCUT2D eigenvalue weighted by molar-refractivity contribution is 7.91. The third-order valence-corrected chi connectivity index (χ3v) is 5.57. The number of hydrogen-bond acceptors (Lipinski definition) is 5. The molecule has 0 radical (unpaired) electrons. The smallest absolute Gasteiger partial charge is 0.153 e. The van der Waals surface area contributed by atoms with Crippen molar-refractivity contribution in [1.29, 1.82) is 0 Å². The van der Waals surface area contributed by atoms with E-state index < -0.39 is 9.84 Å². The van der Waals surface area contributed by atoms with E-state index in [0.29, 0.717) is 6.54 Å². The summed E-state index contributed by atoms with van der Waals surface area (Å²) in [4.78, 5) is 6.86. The molecule has 1 atom stereocenters. The van der Waals surface area contributed by atoms with Crippen LogP contribution in [0.25, 0.3) is 0 Å². The zero-order valence-electron chi connectivity index (χ0n) is 12.9. The van der Waals surface area contributed by atoms with E-state index >= 15 is 0 Å². The van der Waals surface area contributed by atoms with E-state index in [2.05, 4.69) is 22.1 Å². The van der Waals surface area contributed by atoms with Gasteiger partial charge in [-0.3, -0.25) is 9.88 Å². The first-order valence-electron chi connectivity index (χ1n) is 7.60. The lowest BCUT2D eigenvalue weighted by Crippen LogP contribution is -2.46. The zero-order valence-corrected chi connectivity index (χ0v) is 13.7. The Morgan fingerprint density at radius 3 is 2.86 bits per heavy atom. The summed E-state index contributed by atoms with van der Waals surface area (Å²) in [6, 6.07) is 6.12. The monoisotopic (exact) mass is 311 g/mol. The summed E-state index contributed by atoms with van der Waals surface area (Å²) < 4.78 is 23.2. The fourth-order valence-corrected chi connectivity index (χ4v) is 4.21. The van der Waals surface area contributed by atoms with Gasteiger partial charge in [0, 0.05) is 25.7 Å². The minimum absolute atomic E-state index is 0.0624. The number of nitrogens with one attached hydrogen (secondary N) is 1. The molecule has 1 aromatic rings. The van der Waals surface area contributed by atoms with Crippen molar-refractivity contribution >= 4 is 9.84 Å². The summed E-state index contributed by atoms with van der Waals surface area (Å²) in [5.41, 5.74) is 2.05. The van der Waals surface area contributed by atoms with Gasteiger partial charge in [-0.2, -0.15) is 0 Å². The Hall–Kier alpha value is -0.980. The molecule has 0 spiro atoms. The molecule has 0 bridgehead atoms. The van der Waals surface area contributed by atoms with Crippen molar-refractivity contribution in [3.05, 3.63) is 29.6 Å². The number of rotatable bonds is 6. The second-order valence-corrected chi connectivity index (χ2v) is 7.96. The van der Waals surface area contributed by atoms with Crippen LogP contribution in [0.2, 0.25) is 0 Å². The van der Waals surface area contributed by atoms with Crippen LogP contribution in [0.1, 0.15) is 31.7 Å². The molecule has 118 valence electrons. The molecule has 2 rings (SSSR count). The maximum Gasteiger partial charge on any atom is 0.153 e. The van der Waals surface area contributed by atoms with E-state index in [4.69, 9.17) is 0 Å².